The molecule has 2 aromatic rings. The van der Waals surface area contributed by atoms with Crippen molar-refractivity contribution in [1.82, 2.24) is 10.0 Å². The quantitative estimate of drug-likeness (QED) is 0.756. The van der Waals surface area contributed by atoms with Gasteiger partial charge in [0.2, 0.25) is 0 Å². The Morgan fingerprint density at radius 1 is 0.769 bits per heavy atom. The van der Waals surface area contributed by atoms with Crippen LogP contribution in [0.4, 0.5) is 0 Å². The lowest BCUT2D eigenvalue weighted by atomic mass is 10.0. The van der Waals surface area contributed by atoms with Crippen LogP contribution in [0.15, 0.2) is 48.5 Å². The number of carbonyl (C=O) groups is 2. The van der Waals surface area contributed by atoms with E-state index >= 15 is 0 Å². The fourth-order valence-electron chi connectivity index (χ4n) is 2.82. The first kappa shape index (κ1) is 19.7. The van der Waals surface area contributed by atoms with E-state index < -0.39 is 5.54 Å². The molecule has 0 radical (unpaired) electrons. The molecule has 2 aromatic carbocycles. The number of hydrazine groups is 1. The molecular weight excluding hydrogens is 324 g/mol. The second-order valence-corrected chi connectivity index (χ2v) is 7.54. The first-order valence-electron chi connectivity index (χ1n) is 8.95. The SMILES string of the molecule is CCN(C(=O)c1ccc(C)cc1)N(C(=O)c1ccc(C)cc1)C(C)(C)C. The molecule has 0 bridgehead atoms. The molecule has 0 saturated carbocycles. The number of rotatable bonds is 3. The molecule has 0 saturated heterocycles. The van der Waals surface area contributed by atoms with Gasteiger partial charge in [0.1, 0.15) is 0 Å². The first-order valence-corrected chi connectivity index (χ1v) is 8.95. The molecule has 0 aliphatic rings. The van der Waals surface area contributed by atoms with Crippen molar-refractivity contribution in [2.24, 2.45) is 0 Å². The number of hydrogen-bond acceptors (Lipinski definition) is 2. The van der Waals surface area contributed by atoms with Gasteiger partial charge >= 0.3 is 0 Å². The van der Waals surface area contributed by atoms with Crippen molar-refractivity contribution in [3.8, 4) is 0 Å². The number of aryl methyl sites for hydroxylation is 2. The van der Waals surface area contributed by atoms with Gasteiger partial charge in [0.15, 0.2) is 0 Å². The van der Waals surface area contributed by atoms with Crippen molar-refractivity contribution >= 4 is 11.8 Å². The second-order valence-electron chi connectivity index (χ2n) is 7.54. The summed E-state index contributed by atoms with van der Waals surface area (Å²) in [6.45, 7) is 12.1. The third-order valence-corrected chi connectivity index (χ3v) is 4.20. The van der Waals surface area contributed by atoms with Crippen LogP contribution in [-0.2, 0) is 0 Å². The van der Waals surface area contributed by atoms with Crippen molar-refractivity contribution in [2.75, 3.05) is 6.54 Å². The lowest BCUT2D eigenvalue weighted by Crippen LogP contribution is -2.58. The van der Waals surface area contributed by atoms with Crippen molar-refractivity contribution in [1.29, 1.82) is 0 Å². The van der Waals surface area contributed by atoms with E-state index in [1.54, 1.807) is 29.3 Å². The molecule has 2 rings (SSSR count). The highest BCUT2D eigenvalue weighted by atomic mass is 16.2. The molecule has 4 heteroatoms. The molecule has 0 spiro atoms. The summed E-state index contributed by atoms with van der Waals surface area (Å²) in [6.07, 6.45) is 0. The van der Waals surface area contributed by atoms with Crippen LogP contribution in [0.5, 0.6) is 0 Å². The van der Waals surface area contributed by atoms with Gasteiger partial charge in [-0.3, -0.25) is 9.59 Å². The number of amides is 2. The summed E-state index contributed by atoms with van der Waals surface area (Å²) in [5, 5.41) is 3.10. The normalized spacial score (nSPS) is 11.2. The van der Waals surface area contributed by atoms with Crippen LogP contribution in [-0.4, -0.2) is 33.9 Å². The maximum absolute atomic E-state index is 13.2. The van der Waals surface area contributed by atoms with E-state index in [1.165, 1.54) is 5.01 Å². The molecule has 0 N–H and O–H groups in total. The highest BCUT2D eigenvalue weighted by Gasteiger charge is 2.35. The molecular formula is C22H28N2O2. The Balaban J connectivity index is 2.43. The monoisotopic (exact) mass is 352 g/mol. The predicted molar refractivity (Wildman–Crippen MR) is 105 cm³/mol. The van der Waals surface area contributed by atoms with E-state index in [0.717, 1.165) is 11.1 Å². The molecule has 0 fully saturated rings. The third kappa shape index (κ3) is 4.31. The summed E-state index contributed by atoms with van der Waals surface area (Å²) >= 11 is 0. The summed E-state index contributed by atoms with van der Waals surface area (Å²) in [5.41, 5.74) is 2.78. The van der Waals surface area contributed by atoms with Crippen molar-refractivity contribution < 1.29 is 9.59 Å². The Morgan fingerprint density at radius 2 is 1.15 bits per heavy atom. The minimum absolute atomic E-state index is 0.178. The molecule has 26 heavy (non-hydrogen) atoms. The Labute approximate surface area is 156 Å². The average molecular weight is 352 g/mol. The molecule has 0 heterocycles. The molecule has 0 aliphatic carbocycles. The van der Waals surface area contributed by atoms with Crippen LogP contribution in [0.25, 0.3) is 0 Å². The molecule has 4 nitrogen and oxygen atoms in total. The zero-order valence-electron chi connectivity index (χ0n) is 16.5. The molecule has 0 aliphatic heterocycles. The van der Waals surface area contributed by atoms with E-state index in [-0.39, 0.29) is 11.8 Å². The highest BCUT2D eigenvalue weighted by molar-refractivity contribution is 5.99. The number of nitrogens with zero attached hydrogens (tertiary/aromatic N) is 2. The maximum atomic E-state index is 13.2. The summed E-state index contributed by atoms with van der Waals surface area (Å²) in [6, 6.07) is 14.9. The maximum Gasteiger partial charge on any atom is 0.272 e. The van der Waals surface area contributed by atoms with Crippen LogP contribution in [0.1, 0.15) is 59.5 Å². The van der Waals surface area contributed by atoms with E-state index in [1.807, 2.05) is 65.8 Å². The Kier molecular flexibility index (Phi) is 5.86. The lowest BCUT2D eigenvalue weighted by molar-refractivity contribution is -0.0410. The van der Waals surface area contributed by atoms with Gasteiger partial charge in [0.25, 0.3) is 11.8 Å². The molecule has 2 amide bonds. The zero-order chi connectivity index (χ0) is 19.5. The summed E-state index contributed by atoms with van der Waals surface area (Å²) in [5.74, 6) is -0.359. The van der Waals surface area contributed by atoms with Crippen LogP contribution in [0.3, 0.4) is 0 Å². The number of carbonyl (C=O) groups excluding carboxylic acids is 2. The van der Waals surface area contributed by atoms with Crippen LogP contribution >= 0.6 is 0 Å². The van der Waals surface area contributed by atoms with E-state index in [4.69, 9.17) is 0 Å². The minimum Gasteiger partial charge on any atom is -0.267 e. The van der Waals surface area contributed by atoms with Gasteiger partial charge in [-0.25, -0.2) is 10.0 Å². The van der Waals surface area contributed by atoms with Crippen molar-refractivity contribution in [3.63, 3.8) is 0 Å². The third-order valence-electron chi connectivity index (χ3n) is 4.20. The van der Waals surface area contributed by atoms with Gasteiger partial charge in [-0.2, -0.15) is 0 Å². The van der Waals surface area contributed by atoms with Gasteiger partial charge < -0.3 is 0 Å². The fourth-order valence-corrected chi connectivity index (χ4v) is 2.82. The number of benzene rings is 2. The summed E-state index contributed by atoms with van der Waals surface area (Å²) in [4.78, 5) is 26.3. The Bertz CT molecular complexity index is 771. The van der Waals surface area contributed by atoms with Crippen LogP contribution in [0.2, 0.25) is 0 Å². The fraction of sp³-hybridized carbons (Fsp3) is 0.364. The van der Waals surface area contributed by atoms with Gasteiger partial charge in [-0.05, 0) is 65.8 Å². The summed E-state index contributed by atoms with van der Waals surface area (Å²) in [7, 11) is 0. The predicted octanol–water partition coefficient (Wildman–Crippen LogP) is 4.62. The Hall–Kier alpha value is -2.62. The first-order chi connectivity index (χ1) is 12.1. The summed E-state index contributed by atoms with van der Waals surface area (Å²) < 4.78 is 0. The van der Waals surface area contributed by atoms with Crippen LogP contribution < -0.4 is 0 Å². The average Bonchev–Trinajstić information content (AvgIpc) is 2.58. The van der Waals surface area contributed by atoms with Gasteiger partial charge in [0.05, 0.1) is 5.54 Å². The standard InChI is InChI=1S/C22H28N2O2/c1-7-23(20(25)18-12-8-16(2)9-13-18)24(22(4,5)6)21(26)19-14-10-17(3)11-15-19/h8-15H,7H2,1-6H3. The molecule has 0 aromatic heterocycles. The zero-order valence-corrected chi connectivity index (χ0v) is 16.5. The van der Waals surface area contributed by atoms with Gasteiger partial charge in [-0.15, -0.1) is 0 Å². The van der Waals surface area contributed by atoms with Crippen LogP contribution in [0, 0.1) is 13.8 Å². The topological polar surface area (TPSA) is 40.6 Å². The van der Waals surface area contributed by atoms with E-state index in [2.05, 4.69) is 0 Å². The smallest absolute Gasteiger partial charge is 0.267 e. The van der Waals surface area contributed by atoms with E-state index in [9.17, 15) is 9.59 Å². The van der Waals surface area contributed by atoms with Crippen molar-refractivity contribution in [3.05, 3.63) is 70.8 Å². The molecule has 0 atom stereocenters. The molecule has 138 valence electrons. The minimum atomic E-state index is -0.543. The molecule has 0 unspecified atom stereocenters. The van der Waals surface area contributed by atoms with Crippen molar-refractivity contribution in [2.45, 2.75) is 47.1 Å². The highest BCUT2D eigenvalue weighted by Crippen LogP contribution is 2.22. The van der Waals surface area contributed by atoms with E-state index in [0.29, 0.717) is 17.7 Å². The Morgan fingerprint density at radius 3 is 1.50 bits per heavy atom. The second kappa shape index (κ2) is 7.73. The number of hydrogen-bond donors (Lipinski definition) is 0. The lowest BCUT2D eigenvalue weighted by Gasteiger charge is -2.43. The largest absolute Gasteiger partial charge is 0.272 e. The van der Waals surface area contributed by atoms with Gasteiger partial charge in [-0.1, -0.05) is 35.4 Å². The van der Waals surface area contributed by atoms with Gasteiger partial charge in [0, 0.05) is 17.7 Å².